The van der Waals surface area contributed by atoms with E-state index in [1.54, 1.807) is 10.4 Å². The molecule has 1 aromatic rings. The monoisotopic (exact) mass is 330 g/mol. The summed E-state index contributed by atoms with van der Waals surface area (Å²) in [5.74, 6) is 0. The molecule has 0 radical (unpaired) electrons. The summed E-state index contributed by atoms with van der Waals surface area (Å²) in [6.07, 6.45) is 2.42. The lowest BCUT2D eigenvalue weighted by atomic mass is 10.2. The predicted molar refractivity (Wildman–Crippen MR) is 82.9 cm³/mol. The molecule has 0 amide bonds. The van der Waals surface area contributed by atoms with Crippen LogP contribution in [0.1, 0.15) is 31.6 Å². The molecule has 7 heteroatoms. The minimum absolute atomic E-state index is 0.0491. The van der Waals surface area contributed by atoms with Gasteiger partial charge in [-0.05, 0) is 38.8 Å². The van der Waals surface area contributed by atoms with Crippen molar-refractivity contribution in [2.45, 2.75) is 55.6 Å². The van der Waals surface area contributed by atoms with Crippen molar-refractivity contribution in [2.75, 3.05) is 13.2 Å². The lowest BCUT2D eigenvalue weighted by Crippen LogP contribution is -2.49. The number of thiophene rings is 1. The van der Waals surface area contributed by atoms with E-state index in [0.717, 1.165) is 11.4 Å². The molecule has 1 aliphatic carbocycles. The van der Waals surface area contributed by atoms with E-state index in [-0.39, 0.29) is 12.1 Å². The zero-order valence-electron chi connectivity index (χ0n) is 12.4. The van der Waals surface area contributed by atoms with Gasteiger partial charge in [-0.2, -0.15) is 4.31 Å². The quantitative estimate of drug-likeness (QED) is 0.894. The molecule has 1 N–H and O–H groups in total. The normalized spacial score (nSPS) is 27.9. The summed E-state index contributed by atoms with van der Waals surface area (Å²) in [5, 5.41) is 3.42. The van der Waals surface area contributed by atoms with Crippen molar-refractivity contribution >= 4 is 21.4 Å². The van der Waals surface area contributed by atoms with Crippen LogP contribution in [-0.2, 0) is 21.3 Å². The van der Waals surface area contributed by atoms with Gasteiger partial charge in [0, 0.05) is 30.1 Å². The largest absolute Gasteiger partial charge is 0.375 e. The number of sulfonamides is 1. The molecule has 21 heavy (non-hydrogen) atoms. The SMILES string of the molecule is CC1CN(S(=O)(=O)c2ccc(CNC3CC3)s2)C(C)CO1. The highest BCUT2D eigenvalue weighted by Crippen LogP contribution is 2.29. The van der Waals surface area contributed by atoms with Crippen LogP contribution in [0.5, 0.6) is 0 Å². The predicted octanol–water partition coefficient (Wildman–Crippen LogP) is 1.80. The Kier molecular flexibility index (Phi) is 4.38. The molecule has 1 saturated carbocycles. The fourth-order valence-corrected chi connectivity index (χ4v) is 5.58. The maximum atomic E-state index is 12.8. The van der Waals surface area contributed by atoms with Crippen molar-refractivity contribution < 1.29 is 13.2 Å². The summed E-state index contributed by atoms with van der Waals surface area (Å²) < 4.78 is 33.1. The van der Waals surface area contributed by atoms with E-state index < -0.39 is 10.0 Å². The van der Waals surface area contributed by atoms with E-state index in [2.05, 4.69) is 5.32 Å². The van der Waals surface area contributed by atoms with Gasteiger partial charge in [-0.3, -0.25) is 0 Å². The smallest absolute Gasteiger partial charge is 0.252 e. The van der Waals surface area contributed by atoms with Gasteiger partial charge in [-0.25, -0.2) is 8.42 Å². The van der Waals surface area contributed by atoms with Crippen LogP contribution in [0.2, 0.25) is 0 Å². The summed E-state index contributed by atoms with van der Waals surface area (Å²) in [7, 11) is -3.40. The number of morpholine rings is 1. The van der Waals surface area contributed by atoms with Crippen LogP contribution in [-0.4, -0.2) is 44.1 Å². The summed E-state index contributed by atoms with van der Waals surface area (Å²) in [5.41, 5.74) is 0. The van der Waals surface area contributed by atoms with Crippen LogP contribution in [0.15, 0.2) is 16.3 Å². The second-order valence-corrected chi connectivity index (χ2v) is 9.23. The Labute approximate surface area is 130 Å². The maximum absolute atomic E-state index is 12.8. The second kappa shape index (κ2) is 5.96. The zero-order chi connectivity index (χ0) is 15.0. The number of nitrogens with zero attached hydrogens (tertiary/aromatic N) is 1. The van der Waals surface area contributed by atoms with Crippen molar-refractivity contribution in [1.82, 2.24) is 9.62 Å². The molecule has 2 heterocycles. The standard InChI is InChI=1S/C14H22N2O3S2/c1-10-9-19-11(2)8-16(10)21(17,18)14-6-5-13(20-14)7-15-12-3-4-12/h5-6,10-12,15H,3-4,7-9H2,1-2H3. The summed E-state index contributed by atoms with van der Waals surface area (Å²) in [6, 6.07) is 4.17. The highest BCUT2D eigenvalue weighted by molar-refractivity contribution is 7.91. The van der Waals surface area contributed by atoms with Crippen molar-refractivity contribution in [2.24, 2.45) is 0 Å². The second-order valence-electron chi connectivity index (χ2n) is 5.94. The third kappa shape index (κ3) is 3.48. The molecule has 0 aromatic carbocycles. The summed E-state index contributed by atoms with van der Waals surface area (Å²) >= 11 is 1.37. The Bertz CT molecular complexity index is 595. The van der Waals surface area contributed by atoms with Crippen LogP contribution in [0.4, 0.5) is 0 Å². The van der Waals surface area contributed by atoms with Crippen LogP contribution in [0, 0.1) is 0 Å². The fourth-order valence-electron chi connectivity index (χ4n) is 2.45. The Morgan fingerprint density at radius 2 is 2.14 bits per heavy atom. The minimum atomic E-state index is -3.40. The van der Waals surface area contributed by atoms with E-state index in [1.165, 1.54) is 24.2 Å². The lowest BCUT2D eigenvalue weighted by molar-refractivity contribution is -0.0170. The van der Waals surface area contributed by atoms with Gasteiger partial charge < -0.3 is 10.1 Å². The highest BCUT2D eigenvalue weighted by atomic mass is 32.2. The van der Waals surface area contributed by atoms with Gasteiger partial charge >= 0.3 is 0 Å². The van der Waals surface area contributed by atoms with Crippen LogP contribution in [0.3, 0.4) is 0 Å². The molecule has 5 nitrogen and oxygen atoms in total. The zero-order valence-corrected chi connectivity index (χ0v) is 14.0. The molecular formula is C14H22N2O3S2. The highest BCUT2D eigenvalue weighted by Gasteiger charge is 2.35. The van der Waals surface area contributed by atoms with Crippen molar-refractivity contribution in [3.63, 3.8) is 0 Å². The number of hydrogen-bond acceptors (Lipinski definition) is 5. The summed E-state index contributed by atoms with van der Waals surface area (Å²) in [4.78, 5) is 1.08. The third-order valence-corrected chi connectivity index (χ3v) is 7.43. The first-order chi connectivity index (χ1) is 9.96. The molecule has 2 unspecified atom stereocenters. The number of rotatable bonds is 5. The Morgan fingerprint density at radius 1 is 1.38 bits per heavy atom. The van der Waals surface area contributed by atoms with E-state index in [9.17, 15) is 8.42 Å². The molecule has 1 saturated heterocycles. The van der Waals surface area contributed by atoms with Gasteiger partial charge in [0.05, 0.1) is 12.7 Å². The van der Waals surface area contributed by atoms with Gasteiger partial charge in [0.2, 0.25) is 0 Å². The third-order valence-electron chi connectivity index (χ3n) is 3.89. The average molecular weight is 330 g/mol. The van der Waals surface area contributed by atoms with Crippen LogP contribution in [0.25, 0.3) is 0 Å². The molecule has 1 aliphatic heterocycles. The first kappa shape index (κ1) is 15.4. The summed E-state index contributed by atoms with van der Waals surface area (Å²) in [6.45, 7) is 5.46. The molecule has 2 fully saturated rings. The van der Waals surface area contributed by atoms with Crippen molar-refractivity contribution in [1.29, 1.82) is 0 Å². The maximum Gasteiger partial charge on any atom is 0.252 e. The molecule has 3 rings (SSSR count). The van der Waals surface area contributed by atoms with Crippen LogP contribution < -0.4 is 5.32 Å². The van der Waals surface area contributed by atoms with Crippen LogP contribution >= 0.6 is 11.3 Å². The van der Waals surface area contributed by atoms with E-state index in [4.69, 9.17) is 4.74 Å². The topological polar surface area (TPSA) is 58.6 Å². The Hall–Kier alpha value is -0.470. The number of ether oxygens (including phenoxy) is 1. The van der Waals surface area contributed by atoms with Crippen molar-refractivity contribution in [3.05, 3.63) is 17.0 Å². The number of hydrogen-bond donors (Lipinski definition) is 1. The van der Waals surface area contributed by atoms with E-state index in [0.29, 0.717) is 23.4 Å². The van der Waals surface area contributed by atoms with Gasteiger partial charge in [-0.15, -0.1) is 11.3 Å². The molecule has 0 spiro atoms. The van der Waals surface area contributed by atoms with E-state index in [1.807, 2.05) is 19.9 Å². The molecule has 2 atom stereocenters. The number of nitrogens with one attached hydrogen (secondary N) is 1. The first-order valence-corrected chi connectivity index (χ1v) is 9.68. The van der Waals surface area contributed by atoms with Gasteiger partial charge in [0.25, 0.3) is 10.0 Å². The van der Waals surface area contributed by atoms with Crippen molar-refractivity contribution in [3.8, 4) is 0 Å². The molecule has 1 aromatic heterocycles. The fraction of sp³-hybridized carbons (Fsp3) is 0.714. The minimum Gasteiger partial charge on any atom is -0.375 e. The average Bonchev–Trinajstić information content (AvgIpc) is 3.15. The van der Waals surface area contributed by atoms with Gasteiger partial charge in [0.1, 0.15) is 4.21 Å². The van der Waals surface area contributed by atoms with Gasteiger partial charge in [-0.1, -0.05) is 0 Å². The molecule has 0 bridgehead atoms. The van der Waals surface area contributed by atoms with E-state index >= 15 is 0 Å². The Balaban J connectivity index is 1.73. The first-order valence-electron chi connectivity index (χ1n) is 7.42. The Morgan fingerprint density at radius 3 is 2.86 bits per heavy atom. The molecule has 2 aliphatic rings. The lowest BCUT2D eigenvalue weighted by Gasteiger charge is -2.35. The molecular weight excluding hydrogens is 308 g/mol. The molecule has 118 valence electrons. The van der Waals surface area contributed by atoms with Gasteiger partial charge in [0.15, 0.2) is 0 Å².